The Labute approximate surface area is 126 Å². The van der Waals surface area contributed by atoms with Crippen LogP contribution in [0.25, 0.3) is 0 Å². The fourth-order valence-electron chi connectivity index (χ4n) is 2.37. The van der Waals surface area contributed by atoms with Crippen molar-refractivity contribution in [2.75, 3.05) is 12.4 Å². The zero-order chi connectivity index (χ0) is 15.4. The molecule has 0 saturated heterocycles. The summed E-state index contributed by atoms with van der Waals surface area (Å²) in [5, 5.41) is 11.0. The van der Waals surface area contributed by atoms with E-state index in [0.29, 0.717) is 18.8 Å². The van der Waals surface area contributed by atoms with Crippen molar-refractivity contribution in [1.29, 1.82) is 0 Å². The van der Waals surface area contributed by atoms with Crippen molar-refractivity contribution >= 4 is 23.2 Å². The third-order valence-corrected chi connectivity index (χ3v) is 3.96. The molecule has 0 spiro atoms. The molecule has 0 aromatic heterocycles. The Morgan fingerprint density at radius 2 is 2.19 bits per heavy atom. The Balaban J connectivity index is 2.29. The molecule has 1 aromatic carbocycles. The van der Waals surface area contributed by atoms with Crippen molar-refractivity contribution in [3.05, 3.63) is 39.7 Å². The summed E-state index contributed by atoms with van der Waals surface area (Å²) in [5.74, 6) is -0.729. The normalized spacial score (nSPS) is 14.6. The molecule has 1 aromatic rings. The fraction of sp³-hybridized carbons (Fsp3) is 0.500. The average Bonchev–Trinajstić information content (AvgIpc) is 2.40. The van der Waals surface area contributed by atoms with Crippen molar-refractivity contribution in [2.24, 2.45) is 0 Å². The number of rotatable bonds is 6. The molecule has 21 heavy (non-hydrogen) atoms. The Bertz CT molecular complexity index is 549. The van der Waals surface area contributed by atoms with Crippen LogP contribution < -0.4 is 0 Å². The topological polar surface area (TPSA) is 63.4 Å². The Morgan fingerprint density at radius 1 is 1.48 bits per heavy atom. The summed E-state index contributed by atoms with van der Waals surface area (Å²) in [7, 11) is 0. The minimum Gasteiger partial charge on any atom is -0.335 e. The van der Waals surface area contributed by atoms with Gasteiger partial charge in [0.1, 0.15) is 11.4 Å². The Hall–Kier alpha value is -1.69. The van der Waals surface area contributed by atoms with Gasteiger partial charge in [-0.05, 0) is 37.8 Å². The highest BCUT2D eigenvalue weighted by atomic mass is 35.5. The molecule has 0 aliphatic heterocycles. The number of nitro groups is 1. The highest BCUT2D eigenvalue weighted by molar-refractivity contribution is 6.17. The van der Waals surface area contributed by atoms with Gasteiger partial charge in [-0.3, -0.25) is 14.9 Å². The minimum atomic E-state index is -0.728. The molecular weight excluding hydrogens is 299 g/mol. The van der Waals surface area contributed by atoms with Gasteiger partial charge in [0, 0.05) is 18.5 Å². The van der Waals surface area contributed by atoms with E-state index in [9.17, 15) is 19.3 Å². The molecule has 0 atom stereocenters. The molecular formula is C14H16ClFN2O3. The molecule has 0 N–H and O–H groups in total. The summed E-state index contributed by atoms with van der Waals surface area (Å²) in [5.41, 5.74) is -0.557. The van der Waals surface area contributed by atoms with Gasteiger partial charge < -0.3 is 4.90 Å². The van der Waals surface area contributed by atoms with Crippen LogP contribution >= 0.6 is 11.6 Å². The van der Waals surface area contributed by atoms with Crippen LogP contribution in [0.1, 0.15) is 36.0 Å². The van der Waals surface area contributed by atoms with Gasteiger partial charge in [0.15, 0.2) is 0 Å². The fourth-order valence-corrected chi connectivity index (χ4v) is 2.49. The maximum absolute atomic E-state index is 13.2. The standard InChI is InChI=1S/C14H16ClFN2O3/c15-7-2-8-17(11-3-1-4-11)14(19)12-6-5-10(16)9-13(12)18(20)21/h5-6,9,11H,1-4,7-8H2. The number of nitro benzene ring substituents is 1. The van der Waals surface area contributed by atoms with E-state index in [4.69, 9.17) is 11.6 Å². The van der Waals surface area contributed by atoms with Crippen molar-refractivity contribution < 1.29 is 14.1 Å². The number of carbonyl (C=O) groups excluding carboxylic acids is 1. The lowest BCUT2D eigenvalue weighted by molar-refractivity contribution is -0.385. The van der Waals surface area contributed by atoms with Gasteiger partial charge in [-0.25, -0.2) is 4.39 Å². The molecule has 1 aliphatic carbocycles. The Kier molecular flexibility index (Phi) is 5.12. The summed E-state index contributed by atoms with van der Waals surface area (Å²) < 4.78 is 13.2. The van der Waals surface area contributed by atoms with Crippen molar-refractivity contribution in [1.82, 2.24) is 4.90 Å². The molecule has 0 radical (unpaired) electrons. The highest BCUT2D eigenvalue weighted by Crippen LogP contribution is 2.29. The Morgan fingerprint density at radius 3 is 2.71 bits per heavy atom. The molecule has 1 saturated carbocycles. The predicted octanol–water partition coefficient (Wildman–Crippen LogP) is 3.36. The molecule has 114 valence electrons. The first-order chi connectivity index (χ1) is 10.0. The number of hydrogen-bond donors (Lipinski definition) is 0. The lowest BCUT2D eigenvalue weighted by Crippen LogP contribution is -2.45. The third kappa shape index (κ3) is 3.50. The maximum Gasteiger partial charge on any atom is 0.285 e. The van der Waals surface area contributed by atoms with E-state index in [1.165, 1.54) is 6.07 Å². The van der Waals surface area contributed by atoms with Crippen molar-refractivity contribution in [3.63, 3.8) is 0 Å². The second kappa shape index (κ2) is 6.85. The summed E-state index contributed by atoms with van der Waals surface area (Å²) in [6.07, 6.45) is 3.45. The molecule has 0 bridgehead atoms. The van der Waals surface area contributed by atoms with Crippen molar-refractivity contribution in [2.45, 2.75) is 31.7 Å². The summed E-state index contributed by atoms with van der Waals surface area (Å²) in [6.45, 7) is 0.460. The molecule has 1 aliphatic rings. The first-order valence-corrected chi connectivity index (χ1v) is 7.39. The monoisotopic (exact) mass is 314 g/mol. The highest BCUT2D eigenvalue weighted by Gasteiger charge is 2.32. The van der Waals surface area contributed by atoms with Crippen LogP contribution in [0.15, 0.2) is 18.2 Å². The second-order valence-corrected chi connectivity index (χ2v) is 5.42. The lowest BCUT2D eigenvalue weighted by Gasteiger charge is -2.37. The van der Waals surface area contributed by atoms with Crippen LogP contribution in [0.4, 0.5) is 10.1 Å². The van der Waals surface area contributed by atoms with E-state index in [1.54, 1.807) is 4.90 Å². The van der Waals surface area contributed by atoms with Gasteiger partial charge in [0.05, 0.1) is 11.0 Å². The van der Waals surface area contributed by atoms with Crippen LogP contribution in [-0.2, 0) is 0 Å². The van der Waals surface area contributed by atoms with Crippen LogP contribution in [-0.4, -0.2) is 34.2 Å². The van der Waals surface area contributed by atoms with E-state index in [-0.39, 0.29) is 11.6 Å². The molecule has 5 nitrogen and oxygen atoms in total. The second-order valence-electron chi connectivity index (χ2n) is 5.04. The number of nitrogens with zero attached hydrogens (tertiary/aromatic N) is 2. The van der Waals surface area contributed by atoms with Gasteiger partial charge in [-0.2, -0.15) is 0 Å². The quantitative estimate of drug-likeness (QED) is 0.459. The molecule has 0 unspecified atom stereocenters. The maximum atomic E-state index is 13.2. The SMILES string of the molecule is O=C(c1ccc(F)cc1[N+](=O)[O-])N(CCCCl)C1CCC1. The average molecular weight is 315 g/mol. The van der Waals surface area contributed by atoms with E-state index in [0.717, 1.165) is 31.4 Å². The van der Waals surface area contributed by atoms with Gasteiger partial charge >= 0.3 is 0 Å². The van der Waals surface area contributed by atoms with Gasteiger partial charge in [0.2, 0.25) is 0 Å². The zero-order valence-corrected chi connectivity index (χ0v) is 12.2. The van der Waals surface area contributed by atoms with Gasteiger partial charge in [-0.15, -0.1) is 11.6 Å². The first kappa shape index (κ1) is 15.7. The van der Waals surface area contributed by atoms with E-state index in [2.05, 4.69) is 0 Å². The predicted molar refractivity (Wildman–Crippen MR) is 77.1 cm³/mol. The molecule has 2 rings (SSSR count). The number of alkyl halides is 1. The minimum absolute atomic E-state index is 0.0668. The van der Waals surface area contributed by atoms with Crippen LogP contribution in [0, 0.1) is 15.9 Å². The molecule has 1 fully saturated rings. The smallest absolute Gasteiger partial charge is 0.285 e. The van der Waals surface area contributed by atoms with E-state index in [1.807, 2.05) is 0 Å². The zero-order valence-electron chi connectivity index (χ0n) is 11.4. The number of amides is 1. The number of hydrogen-bond acceptors (Lipinski definition) is 3. The van der Waals surface area contributed by atoms with Crippen LogP contribution in [0.5, 0.6) is 0 Å². The third-order valence-electron chi connectivity index (χ3n) is 3.70. The number of carbonyl (C=O) groups is 1. The van der Waals surface area contributed by atoms with E-state index >= 15 is 0 Å². The van der Waals surface area contributed by atoms with Crippen LogP contribution in [0.2, 0.25) is 0 Å². The van der Waals surface area contributed by atoms with E-state index < -0.39 is 22.3 Å². The number of benzene rings is 1. The van der Waals surface area contributed by atoms with Crippen molar-refractivity contribution in [3.8, 4) is 0 Å². The summed E-state index contributed by atoms with van der Waals surface area (Å²) in [6, 6.07) is 3.14. The lowest BCUT2D eigenvalue weighted by atomic mass is 9.90. The van der Waals surface area contributed by atoms with Crippen LogP contribution in [0.3, 0.4) is 0 Å². The number of halogens is 2. The largest absolute Gasteiger partial charge is 0.335 e. The van der Waals surface area contributed by atoms with Gasteiger partial charge in [-0.1, -0.05) is 0 Å². The van der Waals surface area contributed by atoms with Gasteiger partial charge in [0.25, 0.3) is 11.6 Å². The molecule has 1 amide bonds. The molecule has 0 heterocycles. The molecule has 7 heteroatoms. The first-order valence-electron chi connectivity index (χ1n) is 6.85. The summed E-state index contributed by atoms with van der Waals surface area (Å²) >= 11 is 5.67. The summed E-state index contributed by atoms with van der Waals surface area (Å²) in [4.78, 5) is 24.5.